The van der Waals surface area contributed by atoms with E-state index in [1.807, 2.05) is 18.2 Å². The summed E-state index contributed by atoms with van der Waals surface area (Å²) >= 11 is 0. The molecule has 0 heterocycles. The van der Waals surface area contributed by atoms with Crippen molar-refractivity contribution in [1.82, 2.24) is 5.32 Å². The number of rotatable bonds is 4. The van der Waals surface area contributed by atoms with Gasteiger partial charge in [-0.3, -0.25) is 4.79 Å². The van der Waals surface area contributed by atoms with Crippen LogP contribution in [-0.4, -0.2) is 13.0 Å². The molecule has 110 valence electrons. The molecule has 0 fully saturated rings. The van der Waals surface area contributed by atoms with Gasteiger partial charge in [-0.1, -0.05) is 39.0 Å². The quantitative estimate of drug-likeness (QED) is 0.888. The van der Waals surface area contributed by atoms with Gasteiger partial charge in [-0.05, 0) is 24.0 Å². The van der Waals surface area contributed by atoms with Gasteiger partial charge in [0.25, 0.3) is 0 Å². The Morgan fingerprint density at radius 3 is 2.55 bits per heavy atom. The number of carbonyl (C=O) groups is 1. The van der Waals surface area contributed by atoms with Crippen molar-refractivity contribution in [3.63, 3.8) is 0 Å². The number of nitrogens with one attached hydrogen (secondary N) is 1. The van der Waals surface area contributed by atoms with E-state index in [0.29, 0.717) is 5.82 Å². The SMILES string of the molecule is CC=C(N)NC(=O)Cc1cccc(C(C)(C)C)c1OC. The largest absolute Gasteiger partial charge is 0.496 e. The Hall–Kier alpha value is -1.97. The number of benzene rings is 1. The Bertz CT molecular complexity index is 514. The van der Waals surface area contributed by atoms with Crippen molar-refractivity contribution in [1.29, 1.82) is 0 Å². The molecule has 1 amide bonds. The van der Waals surface area contributed by atoms with Gasteiger partial charge < -0.3 is 15.8 Å². The molecule has 4 heteroatoms. The molecule has 0 spiro atoms. The van der Waals surface area contributed by atoms with Crippen LogP contribution in [0.2, 0.25) is 0 Å². The number of amides is 1. The molecule has 0 saturated carbocycles. The van der Waals surface area contributed by atoms with Gasteiger partial charge in [0.2, 0.25) is 5.91 Å². The molecule has 1 aromatic carbocycles. The van der Waals surface area contributed by atoms with Gasteiger partial charge in [0, 0.05) is 5.56 Å². The van der Waals surface area contributed by atoms with Crippen molar-refractivity contribution in [3.8, 4) is 5.75 Å². The summed E-state index contributed by atoms with van der Waals surface area (Å²) in [6, 6.07) is 5.88. The first-order valence-electron chi connectivity index (χ1n) is 6.67. The van der Waals surface area contributed by atoms with Crippen LogP contribution >= 0.6 is 0 Å². The lowest BCUT2D eigenvalue weighted by Crippen LogP contribution is -2.28. The molecule has 0 aliphatic carbocycles. The maximum atomic E-state index is 11.9. The number of para-hydroxylation sites is 1. The minimum atomic E-state index is -0.148. The molecule has 4 nitrogen and oxygen atoms in total. The second kappa shape index (κ2) is 6.46. The first-order chi connectivity index (χ1) is 9.29. The minimum absolute atomic E-state index is 0.0415. The molecule has 1 rings (SSSR count). The van der Waals surface area contributed by atoms with E-state index in [1.165, 1.54) is 0 Å². The number of allylic oxidation sites excluding steroid dienone is 1. The van der Waals surface area contributed by atoms with Gasteiger partial charge in [-0.25, -0.2) is 0 Å². The van der Waals surface area contributed by atoms with Gasteiger partial charge >= 0.3 is 0 Å². The maximum Gasteiger partial charge on any atom is 0.230 e. The zero-order valence-corrected chi connectivity index (χ0v) is 12.9. The molecule has 0 aliphatic heterocycles. The Morgan fingerprint density at radius 2 is 2.05 bits per heavy atom. The summed E-state index contributed by atoms with van der Waals surface area (Å²) in [6.45, 7) is 8.13. The lowest BCUT2D eigenvalue weighted by molar-refractivity contribution is -0.119. The van der Waals surface area contributed by atoms with Crippen LogP contribution in [0, 0.1) is 0 Å². The van der Waals surface area contributed by atoms with E-state index in [1.54, 1.807) is 20.1 Å². The Morgan fingerprint density at radius 1 is 1.40 bits per heavy atom. The average molecular weight is 276 g/mol. The Kier molecular flexibility index (Phi) is 5.19. The minimum Gasteiger partial charge on any atom is -0.496 e. The summed E-state index contributed by atoms with van der Waals surface area (Å²) in [7, 11) is 1.63. The number of nitrogens with two attached hydrogens (primary N) is 1. The van der Waals surface area contributed by atoms with E-state index in [-0.39, 0.29) is 17.7 Å². The molecule has 0 aliphatic rings. The van der Waals surface area contributed by atoms with Crippen molar-refractivity contribution in [2.45, 2.75) is 39.5 Å². The first-order valence-corrected chi connectivity index (χ1v) is 6.67. The molecular formula is C16H24N2O2. The highest BCUT2D eigenvalue weighted by Crippen LogP contribution is 2.34. The van der Waals surface area contributed by atoms with Crippen molar-refractivity contribution < 1.29 is 9.53 Å². The van der Waals surface area contributed by atoms with Crippen LogP contribution in [0.5, 0.6) is 5.75 Å². The fourth-order valence-corrected chi connectivity index (χ4v) is 2.01. The topological polar surface area (TPSA) is 64.3 Å². The van der Waals surface area contributed by atoms with Crippen molar-refractivity contribution in [3.05, 3.63) is 41.2 Å². The van der Waals surface area contributed by atoms with Crippen LogP contribution in [-0.2, 0) is 16.6 Å². The second-order valence-electron chi connectivity index (χ2n) is 5.72. The fraction of sp³-hybridized carbons (Fsp3) is 0.438. The van der Waals surface area contributed by atoms with Crippen molar-refractivity contribution >= 4 is 5.91 Å². The van der Waals surface area contributed by atoms with Crippen LogP contribution < -0.4 is 15.8 Å². The molecule has 0 aromatic heterocycles. The maximum absolute atomic E-state index is 11.9. The zero-order valence-electron chi connectivity index (χ0n) is 12.9. The predicted molar refractivity (Wildman–Crippen MR) is 81.5 cm³/mol. The fourth-order valence-electron chi connectivity index (χ4n) is 2.01. The Balaban J connectivity index is 3.05. The van der Waals surface area contributed by atoms with Crippen molar-refractivity contribution in [2.24, 2.45) is 5.73 Å². The van der Waals surface area contributed by atoms with Gasteiger partial charge in [0.05, 0.1) is 19.4 Å². The van der Waals surface area contributed by atoms with Gasteiger partial charge in [0.1, 0.15) is 5.75 Å². The smallest absolute Gasteiger partial charge is 0.230 e. The molecule has 1 aromatic rings. The van der Waals surface area contributed by atoms with Gasteiger partial charge in [-0.2, -0.15) is 0 Å². The number of carbonyl (C=O) groups excluding carboxylic acids is 1. The third-order valence-corrected chi connectivity index (χ3v) is 3.05. The van der Waals surface area contributed by atoms with Crippen LogP contribution in [0.25, 0.3) is 0 Å². The summed E-state index contributed by atoms with van der Waals surface area (Å²) < 4.78 is 5.51. The second-order valence-corrected chi connectivity index (χ2v) is 5.72. The highest BCUT2D eigenvalue weighted by molar-refractivity contribution is 5.81. The number of methoxy groups -OCH3 is 1. The summed E-state index contributed by atoms with van der Waals surface area (Å²) in [5.74, 6) is 0.986. The summed E-state index contributed by atoms with van der Waals surface area (Å²) in [5.41, 5.74) is 7.50. The van der Waals surface area contributed by atoms with Crippen molar-refractivity contribution in [2.75, 3.05) is 7.11 Å². The molecule has 0 saturated heterocycles. The number of hydrogen-bond donors (Lipinski definition) is 2. The highest BCUT2D eigenvalue weighted by Gasteiger charge is 2.21. The molecule has 0 radical (unpaired) electrons. The number of hydrogen-bond acceptors (Lipinski definition) is 3. The lowest BCUT2D eigenvalue weighted by Gasteiger charge is -2.23. The standard InChI is InChI=1S/C16H24N2O2/c1-6-13(17)18-14(19)10-11-8-7-9-12(15(11)20-5)16(2,3)4/h6-9H,10,17H2,1-5H3,(H,18,19). The van der Waals surface area contributed by atoms with E-state index < -0.39 is 0 Å². The molecule has 0 unspecified atom stereocenters. The molecule has 20 heavy (non-hydrogen) atoms. The summed E-state index contributed by atoms with van der Waals surface area (Å²) in [4.78, 5) is 11.9. The zero-order chi connectivity index (χ0) is 15.3. The van der Waals surface area contributed by atoms with E-state index in [9.17, 15) is 4.79 Å². The monoisotopic (exact) mass is 276 g/mol. The highest BCUT2D eigenvalue weighted by atomic mass is 16.5. The summed E-state index contributed by atoms with van der Waals surface area (Å²) in [5, 5.41) is 2.63. The molecular weight excluding hydrogens is 252 g/mol. The first kappa shape index (κ1) is 16.1. The summed E-state index contributed by atoms with van der Waals surface area (Å²) in [6.07, 6.45) is 1.89. The van der Waals surface area contributed by atoms with Gasteiger partial charge in [0.15, 0.2) is 0 Å². The van der Waals surface area contributed by atoms with E-state index >= 15 is 0 Å². The van der Waals surface area contributed by atoms with Crippen LogP contribution in [0.4, 0.5) is 0 Å². The van der Waals surface area contributed by atoms with Gasteiger partial charge in [-0.15, -0.1) is 0 Å². The predicted octanol–water partition coefficient (Wildman–Crippen LogP) is 2.47. The Labute approximate surface area is 121 Å². The third-order valence-electron chi connectivity index (χ3n) is 3.05. The van der Waals surface area contributed by atoms with Crippen LogP contribution in [0.1, 0.15) is 38.8 Å². The average Bonchev–Trinajstić information content (AvgIpc) is 2.37. The van der Waals surface area contributed by atoms with E-state index in [4.69, 9.17) is 10.5 Å². The third kappa shape index (κ3) is 4.02. The molecule has 0 bridgehead atoms. The molecule has 0 atom stereocenters. The molecule has 3 N–H and O–H groups in total. The lowest BCUT2D eigenvalue weighted by atomic mass is 9.85. The van der Waals surface area contributed by atoms with E-state index in [0.717, 1.165) is 16.9 Å². The van der Waals surface area contributed by atoms with Crippen LogP contribution in [0.3, 0.4) is 0 Å². The number of ether oxygens (including phenoxy) is 1. The van der Waals surface area contributed by atoms with Crippen LogP contribution in [0.15, 0.2) is 30.1 Å². The van der Waals surface area contributed by atoms with E-state index in [2.05, 4.69) is 26.1 Å². The normalized spacial score (nSPS) is 12.2.